The van der Waals surface area contributed by atoms with Gasteiger partial charge >= 0.3 is 0 Å². The fraction of sp³-hybridized carbons (Fsp3) is 0.538. The smallest absolute Gasteiger partial charge is 0.0367 e. The van der Waals surface area contributed by atoms with Crippen molar-refractivity contribution < 1.29 is 0 Å². The molecule has 1 aromatic carbocycles. The van der Waals surface area contributed by atoms with Gasteiger partial charge in [0, 0.05) is 11.4 Å². The number of rotatable bonds is 6. The second-order valence-corrected chi connectivity index (χ2v) is 4.12. The predicted molar refractivity (Wildman–Crippen MR) is 67.7 cm³/mol. The number of unbranched alkanes of at least 4 members (excludes halogenated alkanes) is 4. The van der Waals surface area contributed by atoms with Crippen molar-refractivity contribution in [3.05, 3.63) is 23.8 Å². The quantitative estimate of drug-likeness (QED) is 0.554. The first kappa shape index (κ1) is 11.9. The molecule has 0 aliphatic carbocycles. The summed E-state index contributed by atoms with van der Waals surface area (Å²) in [5, 5.41) is 0. The Hall–Kier alpha value is -1.18. The van der Waals surface area contributed by atoms with Gasteiger partial charge in [-0.3, -0.25) is 0 Å². The normalized spacial score (nSPS) is 10.5. The van der Waals surface area contributed by atoms with E-state index in [1.54, 1.807) is 0 Å². The molecule has 0 saturated carbocycles. The molecule has 15 heavy (non-hydrogen) atoms. The van der Waals surface area contributed by atoms with Gasteiger partial charge in [0.2, 0.25) is 0 Å². The molecule has 0 atom stereocenters. The van der Waals surface area contributed by atoms with Gasteiger partial charge in [0.05, 0.1) is 0 Å². The van der Waals surface area contributed by atoms with E-state index in [2.05, 4.69) is 6.92 Å². The van der Waals surface area contributed by atoms with Gasteiger partial charge in [-0.25, -0.2) is 0 Å². The number of nitrogens with two attached hydrogens (primary N) is 2. The third-order valence-electron chi connectivity index (χ3n) is 2.72. The highest BCUT2D eigenvalue weighted by Gasteiger charge is 1.99. The molecule has 84 valence electrons. The summed E-state index contributed by atoms with van der Waals surface area (Å²) in [7, 11) is 0. The van der Waals surface area contributed by atoms with Gasteiger partial charge in [-0.2, -0.15) is 0 Å². The lowest BCUT2D eigenvalue weighted by molar-refractivity contribution is 0.632. The summed E-state index contributed by atoms with van der Waals surface area (Å²) in [4.78, 5) is 0. The number of anilines is 2. The van der Waals surface area contributed by atoms with E-state index >= 15 is 0 Å². The number of hydrogen-bond acceptors (Lipinski definition) is 2. The second-order valence-electron chi connectivity index (χ2n) is 4.12. The van der Waals surface area contributed by atoms with E-state index in [0.717, 1.165) is 17.8 Å². The van der Waals surface area contributed by atoms with Gasteiger partial charge in [0.25, 0.3) is 0 Å². The van der Waals surface area contributed by atoms with Crippen molar-refractivity contribution in [1.29, 1.82) is 0 Å². The first-order valence-electron chi connectivity index (χ1n) is 5.88. The van der Waals surface area contributed by atoms with E-state index in [1.807, 2.05) is 18.2 Å². The number of nitrogen functional groups attached to an aromatic ring is 2. The lowest BCUT2D eigenvalue weighted by Gasteiger charge is -2.06. The van der Waals surface area contributed by atoms with Crippen LogP contribution in [0.1, 0.15) is 44.6 Å². The standard InChI is InChI=1S/C13H22N2/c1-2-3-4-5-6-7-11-8-9-12(14)10-13(11)15/h8-10H,2-7,14-15H2,1H3. The molecule has 0 aliphatic heterocycles. The summed E-state index contributed by atoms with van der Waals surface area (Å²) in [5.41, 5.74) is 14.4. The highest BCUT2D eigenvalue weighted by molar-refractivity contribution is 5.56. The maximum atomic E-state index is 5.88. The van der Waals surface area contributed by atoms with Gasteiger partial charge in [-0.05, 0) is 30.5 Å². The second kappa shape index (κ2) is 6.33. The molecule has 0 bridgehead atoms. The van der Waals surface area contributed by atoms with Crippen molar-refractivity contribution in [3.8, 4) is 0 Å². The fourth-order valence-corrected chi connectivity index (χ4v) is 1.76. The maximum absolute atomic E-state index is 5.88. The minimum absolute atomic E-state index is 0.752. The molecule has 0 fully saturated rings. The summed E-state index contributed by atoms with van der Waals surface area (Å²) in [6.45, 7) is 2.23. The molecule has 0 amide bonds. The summed E-state index contributed by atoms with van der Waals surface area (Å²) in [6, 6.07) is 5.82. The zero-order chi connectivity index (χ0) is 11.1. The van der Waals surface area contributed by atoms with Crippen LogP contribution in [0.25, 0.3) is 0 Å². The molecule has 1 aromatic rings. The lowest BCUT2D eigenvalue weighted by Crippen LogP contribution is -1.96. The Bertz CT molecular complexity index is 295. The van der Waals surface area contributed by atoms with Crippen LogP contribution in [0, 0.1) is 0 Å². The summed E-state index contributed by atoms with van der Waals surface area (Å²) < 4.78 is 0. The topological polar surface area (TPSA) is 52.0 Å². The van der Waals surface area contributed by atoms with Crippen molar-refractivity contribution in [2.75, 3.05) is 11.5 Å². The van der Waals surface area contributed by atoms with Crippen molar-refractivity contribution in [2.24, 2.45) is 0 Å². The van der Waals surface area contributed by atoms with Gasteiger partial charge in [0.15, 0.2) is 0 Å². The largest absolute Gasteiger partial charge is 0.399 e. The molecule has 2 nitrogen and oxygen atoms in total. The maximum Gasteiger partial charge on any atom is 0.0367 e. The third-order valence-corrected chi connectivity index (χ3v) is 2.72. The third kappa shape index (κ3) is 4.24. The zero-order valence-electron chi connectivity index (χ0n) is 9.63. The van der Waals surface area contributed by atoms with E-state index in [-0.39, 0.29) is 0 Å². The number of hydrogen-bond donors (Lipinski definition) is 2. The molecule has 0 heterocycles. The Morgan fingerprint density at radius 1 is 1.00 bits per heavy atom. The van der Waals surface area contributed by atoms with Crippen LogP contribution >= 0.6 is 0 Å². The van der Waals surface area contributed by atoms with Crippen molar-refractivity contribution >= 4 is 11.4 Å². The summed E-state index contributed by atoms with van der Waals surface area (Å²) >= 11 is 0. The average molecular weight is 206 g/mol. The summed E-state index contributed by atoms with van der Waals surface area (Å²) in [5.74, 6) is 0. The zero-order valence-corrected chi connectivity index (χ0v) is 9.63. The monoisotopic (exact) mass is 206 g/mol. The Labute approximate surface area is 92.7 Å². The van der Waals surface area contributed by atoms with Crippen LogP contribution < -0.4 is 11.5 Å². The molecule has 0 spiro atoms. The van der Waals surface area contributed by atoms with Gasteiger partial charge in [-0.1, -0.05) is 38.7 Å². The molecule has 0 saturated heterocycles. The Kier molecular flexibility index (Phi) is 5.02. The van der Waals surface area contributed by atoms with Crippen molar-refractivity contribution in [3.63, 3.8) is 0 Å². The molecule has 1 rings (SSSR count). The van der Waals surface area contributed by atoms with Crippen LogP contribution in [0.2, 0.25) is 0 Å². The van der Waals surface area contributed by atoms with Crippen molar-refractivity contribution in [1.82, 2.24) is 0 Å². The van der Waals surface area contributed by atoms with E-state index in [0.29, 0.717) is 0 Å². The van der Waals surface area contributed by atoms with Crippen LogP contribution in [-0.4, -0.2) is 0 Å². The SMILES string of the molecule is CCCCCCCc1ccc(N)cc1N. The molecule has 0 radical (unpaired) electrons. The molecule has 2 heteroatoms. The molecule has 0 aliphatic rings. The van der Waals surface area contributed by atoms with Crippen molar-refractivity contribution in [2.45, 2.75) is 45.4 Å². The van der Waals surface area contributed by atoms with Crippen LogP contribution in [0.5, 0.6) is 0 Å². The average Bonchev–Trinajstić information content (AvgIpc) is 2.20. The highest BCUT2D eigenvalue weighted by Crippen LogP contribution is 2.18. The van der Waals surface area contributed by atoms with Crippen LogP contribution in [-0.2, 0) is 6.42 Å². The minimum atomic E-state index is 0.752. The molecule has 0 unspecified atom stereocenters. The Morgan fingerprint density at radius 2 is 1.73 bits per heavy atom. The van der Waals surface area contributed by atoms with E-state index < -0.39 is 0 Å². The van der Waals surface area contributed by atoms with E-state index in [9.17, 15) is 0 Å². The lowest BCUT2D eigenvalue weighted by atomic mass is 10.0. The van der Waals surface area contributed by atoms with E-state index in [1.165, 1.54) is 37.7 Å². The molecule has 0 aromatic heterocycles. The minimum Gasteiger partial charge on any atom is -0.399 e. The molecule has 4 N–H and O–H groups in total. The van der Waals surface area contributed by atoms with Gasteiger partial charge in [-0.15, -0.1) is 0 Å². The highest BCUT2D eigenvalue weighted by atomic mass is 14.6. The number of aryl methyl sites for hydroxylation is 1. The number of benzene rings is 1. The first-order chi connectivity index (χ1) is 7.24. The van der Waals surface area contributed by atoms with Crippen LogP contribution in [0.3, 0.4) is 0 Å². The predicted octanol–water partition coefficient (Wildman–Crippen LogP) is 3.36. The Balaban J connectivity index is 2.31. The first-order valence-corrected chi connectivity index (χ1v) is 5.88. The van der Waals surface area contributed by atoms with Crippen LogP contribution in [0.15, 0.2) is 18.2 Å². The fourth-order valence-electron chi connectivity index (χ4n) is 1.76. The summed E-state index contributed by atoms with van der Waals surface area (Å²) in [6.07, 6.45) is 7.59. The molecular weight excluding hydrogens is 184 g/mol. The van der Waals surface area contributed by atoms with Crippen LogP contribution in [0.4, 0.5) is 11.4 Å². The Morgan fingerprint density at radius 3 is 2.40 bits per heavy atom. The van der Waals surface area contributed by atoms with Gasteiger partial charge in [0.1, 0.15) is 0 Å². The molecular formula is C13H22N2. The van der Waals surface area contributed by atoms with E-state index in [4.69, 9.17) is 11.5 Å². The van der Waals surface area contributed by atoms with Gasteiger partial charge < -0.3 is 11.5 Å².